The van der Waals surface area contributed by atoms with Crippen molar-refractivity contribution in [3.63, 3.8) is 0 Å². The molecule has 34 heavy (non-hydrogen) atoms. The Kier molecular flexibility index (Phi) is 6.85. The molecule has 4 rings (SSSR count). The summed E-state index contributed by atoms with van der Waals surface area (Å²) in [6.45, 7) is 0. The summed E-state index contributed by atoms with van der Waals surface area (Å²) in [6, 6.07) is 14.2. The summed E-state index contributed by atoms with van der Waals surface area (Å²) in [4.78, 5) is 40.5. The summed E-state index contributed by atoms with van der Waals surface area (Å²) >= 11 is 6.75. The summed E-state index contributed by atoms with van der Waals surface area (Å²) in [5, 5.41) is 5.64. The van der Waals surface area contributed by atoms with Gasteiger partial charge in [0.05, 0.1) is 24.1 Å². The maximum Gasteiger partial charge on any atom is 0.279 e. The van der Waals surface area contributed by atoms with Crippen LogP contribution in [0.1, 0.15) is 16.1 Å². The normalized spacial score (nSPS) is 15.4. The Balaban J connectivity index is 1.58. The summed E-state index contributed by atoms with van der Waals surface area (Å²) in [7, 11) is 1.53. The molecule has 0 saturated carbocycles. The van der Waals surface area contributed by atoms with Gasteiger partial charge in [-0.3, -0.25) is 24.7 Å². The van der Waals surface area contributed by atoms with Gasteiger partial charge in [-0.15, -0.1) is 11.3 Å². The quantitative estimate of drug-likeness (QED) is 0.484. The highest BCUT2D eigenvalue weighted by Gasteiger charge is 2.45. The average molecular weight is 499 g/mol. The molecule has 1 saturated heterocycles. The fourth-order valence-electron chi connectivity index (χ4n) is 3.36. The van der Waals surface area contributed by atoms with E-state index in [0.717, 1.165) is 0 Å². The van der Waals surface area contributed by atoms with Crippen LogP contribution in [0.5, 0.6) is 5.75 Å². The lowest BCUT2D eigenvalue weighted by atomic mass is 10.1. The number of anilines is 2. The highest BCUT2D eigenvalue weighted by Crippen LogP contribution is 2.28. The first-order chi connectivity index (χ1) is 16.4. The van der Waals surface area contributed by atoms with Crippen LogP contribution in [0.25, 0.3) is 0 Å². The Hall–Kier alpha value is -3.83. The van der Waals surface area contributed by atoms with Gasteiger partial charge in [0.2, 0.25) is 11.0 Å². The van der Waals surface area contributed by atoms with Crippen molar-refractivity contribution in [3.05, 3.63) is 76.7 Å². The number of nitrogens with zero attached hydrogens (tertiary/aromatic N) is 2. The SMILES string of the molecule is COc1ccc(N2C(=O)[C@H](CC(=O)Nc3ccc(F)cc3)N(NC(=O)c3cccs3)C2=S)cc1. The number of hydrogen-bond donors (Lipinski definition) is 2. The smallest absolute Gasteiger partial charge is 0.279 e. The molecule has 2 heterocycles. The fourth-order valence-corrected chi connectivity index (χ4v) is 4.34. The molecular formula is C23H19FN4O4S2. The molecule has 11 heteroatoms. The summed E-state index contributed by atoms with van der Waals surface area (Å²) < 4.78 is 18.3. The number of ether oxygens (including phenoxy) is 1. The molecule has 1 fully saturated rings. The maximum atomic E-state index is 13.4. The van der Waals surface area contributed by atoms with Crippen LogP contribution in [0.15, 0.2) is 66.0 Å². The summed E-state index contributed by atoms with van der Waals surface area (Å²) in [6.07, 6.45) is -0.298. The lowest BCUT2D eigenvalue weighted by molar-refractivity contribution is -0.124. The van der Waals surface area contributed by atoms with Crippen molar-refractivity contribution in [3.8, 4) is 5.75 Å². The molecule has 3 amide bonds. The number of benzene rings is 2. The van der Waals surface area contributed by atoms with E-state index in [4.69, 9.17) is 17.0 Å². The van der Waals surface area contributed by atoms with Crippen LogP contribution in [0.4, 0.5) is 15.8 Å². The number of thiocarbonyl (C=S) groups is 1. The number of amides is 3. The van der Waals surface area contributed by atoms with E-state index < -0.39 is 29.6 Å². The summed E-state index contributed by atoms with van der Waals surface area (Å²) in [5.74, 6) is -1.27. The number of rotatable bonds is 7. The van der Waals surface area contributed by atoms with E-state index in [0.29, 0.717) is 22.0 Å². The second-order valence-corrected chi connectivity index (χ2v) is 8.53. The van der Waals surface area contributed by atoms with Crippen molar-refractivity contribution in [2.45, 2.75) is 12.5 Å². The second kappa shape index (κ2) is 9.98. The van der Waals surface area contributed by atoms with Crippen LogP contribution in [0.2, 0.25) is 0 Å². The number of hydrazine groups is 1. The number of nitrogens with one attached hydrogen (secondary N) is 2. The lowest BCUT2D eigenvalue weighted by Gasteiger charge is -2.24. The molecule has 0 spiro atoms. The van der Waals surface area contributed by atoms with Gasteiger partial charge in [-0.2, -0.15) is 0 Å². The zero-order valence-electron chi connectivity index (χ0n) is 17.9. The van der Waals surface area contributed by atoms with Gasteiger partial charge in [-0.1, -0.05) is 6.07 Å². The fraction of sp³-hybridized carbons (Fsp3) is 0.130. The van der Waals surface area contributed by atoms with Crippen molar-refractivity contribution in [1.29, 1.82) is 0 Å². The van der Waals surface area contributed by atoms with Gasteiger partial charge in [0.1, 0.15) is 17.6 Å². The first-order valence-corrected chi connectivity index (χ1v) is 11.4. The molecule has 8 nitrogen and oxygen atoms in total. The van der Waals surface area contributed by atoms with Gasteiger partial charge in [-0.25, -0.2) is 9.40 Å². The number of thiophene rings is 1. The third-order valence-electron chi connectivity index (χ3n) is 5.02. The molecule has 2 aromatic carbocycles. The van der Waals surface area contributed by atoms with Crippen molar-refractivity contribution >= 4 is 57.8 Å². The third-order valence-corrected chi connectivity index (χ3v) is 6.27. The van der Waals surface area contributed by atoms with E-state index >= 15 is 0 Å². The Labute approximate surface area is 203 Å². The van der Waals surface area contributed by atoms with Gasteiger partial charge in [0.15, 0.2) is 0 Å². The topological polar surface area (TPSA) is 91.0 Å². The molecule has 3 aromatic rings. The number of halogens is 1. The van der Waals surface area contributed by atoms with E-state index in [2.05, 4.69) is 10.7 Å². The van der Waals surface area contributed by atoms with Gasteiger partial charge >= 0.3 is 0 Å². The summed E-state index contributed by atoms with van der Waals surface area (Å²) in [5.41, 5.74) is 3.50. The van der Waals surface area contributed by atoms with Gasteiger partial charge in [-0.05, 0) is 72.2 Å². The highest BCUT2D eigenvalue weighted by molar-refractivity contribution is 7.80. The van der Waals surface area contributed by atoms with Gasteiger partial charge in [0, 0.05) is 5.69 Å². The maximum absolute atomic E-state index is 13.4. The number of methoxy groups -OCH3 is 1. The zero-order chi connectivity index (χ0) is 24.2. The van der Waals surface area contributed by atoms with E-state index in [1.54, 1.807) is 41.8 Å². The van der Waals surface area contributed by atoms with Crippen LogP contribution < -0.4 is 20.4 Å². The predicted octanol–water partition coefficient (Wildman–Crippen LogP) is 3.57. The molecule has 1 aliphatic rings. The second-order valence-electron chi connectivity index (χ2n) is 7.22. The predicted molar refractivity (Wildman–Crippen MR) is 130 cm³/mol. The number of carbonyl (C=O) groups is 3. The molecule has 2 N–H and O–H groups in total. The van der Waals surface area contributed by atoms with E-state index in [9.17, 15) is 18.8 Å². The molecule has 0 unspecified atom stereocenters. The first-order valence-electron chi connectivity index (χ1n) is 10.1. The van der Waals surface area contributed by atoms with Crippen molar-refractivity contribution in [1.82, 2.24) is 10.4 Å². The molecular weight excluding hydrogens is 479 g/mol. The molecule has 1 aromatic heterocycles. The molecule has 1 aliphatic heterocycles. The monoisotopic (exact) mass is 498 g/mol. The Morgan fingerprint density at radius 3 is 2.44 bits per heavy atom. The highest BCUT2D eigenvalue weighted by atomic mass is 32.1. The van der Waals surface area contributed by atoms with Crippen molar-refractivity contribution < 1.29 is 23.5 Å². The Morgan fingerprint density at radius 1 is 1.12 bits per heavy atom. The molecule has 1 atom stereocenters. The van der Waals surface area contributed by atoms with Crippen molar-refractivity contribution in [2.75, 3.05) is 17.3 Å². The van der Waals surface area contributed by atoms with Crippen LogP contribution in [-0.2, 0) is 9.59 Å². The van der Waals surface area contributed by atoms with Crippen molar-refractivity contribution in [2.24, 2.45) is 0 Å². The molecule has 0 bridgehead atoms. The minimum Gasteiger partial charge on any atom is -0.497 e. The average Bonchev–Trinajstić information content (AvgIpc) is 3.44. The first kappa shape index (κ1) is 23.3. The van der Waals surface area contributed by atoms with Crippen LogP contribution in [-0.4, -0.2) is 41.0 Å². The minimum atomic E-state index is -1.08. The zero-order valence-corrected chi connectivity index (χ0v) is 19.5. The third kappa shape index (κ3) is 4.90. The standard InChI is InChI=1S/C23H19FN4O4S2/c1-32-17-10-8-16(9-11-17)27-22(31)18(13-20(29)25-15-6-4-14(24)5-7-15)28(23(27)33)26-21(30)19-3-2-12-34-19/h2-12,18H,13H2,1H3,(H,25,29)(H,26,30)/t18-/m0/s1. The van der Waals surface area contributed by atoms with E-state index in [1.165, 1.54) is 52.6 Å². The van der Waals surface area contributed by atoms with E-state index in [-0.39, 0.29) is 11.5 Å². The largest absolute Gasteiger partial charge is 0.497 e. The number of carbonyl (C=O) groups excluding carboxylic acids is 3. The van der Waals surface area contributed by atoms with Gasteiger partial charge < -0.3 is 10.1 Å². The van der Waals surface area contributed by atoms with Crippen LogP contribution in [0, 0.1) is 5.82 Å². The molecule has 174 valence electrons. The molecule has 0 aliphatic carbocycles. The number of hydrogen-bond acceptors (Lipinski definition) is 6. The van der Waals surface area contributed by atoms with Gasteiger partial charge in [0.25, 0.3) is 11.8 Å². The Bertz CT molecular complexity index is 1220. The molecule has 0 radical (unpaired) electrons. The minimum absolute atomic E-state index is 0.0275. The Morgan fingerprint density at radius 2 is 1.82 bits per heavy atom. The van der Waals surface area contributed by atoms with Crippen LogP contribution in [0.3, 0.4) is 0 Å². The lowest BCUT2D eigenvalue weighted by Crippen LogP contribution is -2.49. The van der Waals surface area contributed by atoms with Crippen LogP contribution >= 0.6 is 23.6 Å². The van der Waals surface area contributed by atoms with E-state index in [1.807, 2.05) is 0 Å².